The van der Waals surface area contributed by atoms with Crippen LogP contribution in [0.1, 0.15) is 51.9 Å². The second kappa shape index (κ2) is 5.81. The summed E-state index contributed by atoms with van der Waals surface area (Å²) in [5.74, 6) is 1.27. The van der Waals surface area contributed by atoms with Gasteiger partial charge in [0.2, 0.25) is 0 Å². The third-order valence-corrected chi connectivity index (χ3v) is 4.63. The smallest absolute Gasteiger partial charge is 0.123 e. The zero-order chi connectivity index (χ0) is 11.4. The van der Waals surface area contributed by atoms with Crippen LogP contribution in [0.2, 0.25) is 0 Å². The van der Waals surface area contributed by atoms with Crippen molar-refractivity contribution in [3.63, 3.8) is 0 Å². The third kappa shape index (κ3) is 2.65. The molecular formula is C14H25NO. The first-order valence-corrected chi connectivity index (χ1v) is 7.04. The minimum absolute atomic E-state index is 0.347. The number of piperidine rings is 1. The lowest BCUT2D eigenvalue weighted by atomic mass is 9.81. The molecule has 0 spiro atoms. The number of hydrogen-bond donors (Lipinski definition) is 0. The van der Waals surface area contributed by atoms with Gasteiger partial charge in [0.05, 0.1) is 0 Å². The van der Waals surface area contributed by atoms with Crippen molar-refractivity contribution in [2.24, 2.45) is 11.8 Å². The minimum atomic E-state index is 0.347. The summed E-state index contributed by atoms with van der Waals surface area (Å²) < 4.78 is 0. The Balaban J connectivity index is 1.88. The number of rotatable bonds is 3. The molecule has 2 atom stereocenters. The first kappa shape index (κ1) is 12.1. The first-order chi connectivity index (χ1) is 7.85. The second-order valence-corrected chi connectivity index (χ2v) is 5.53. The molecule has 0 aromatic heterocycles. The quantitative estimate of drug-likeness (QED) is 0.686. The van der Waals surface area contributed by atoms with Gasteiger partial charge in [0.25, 0.3) is 0 Å². The lowest BCUT2D eigenvalue weighted by molar-refractivity contribution is -0.112. The van der Waals surface area contributed by atoms with E-state index in [1.54, 1.807) is 0 Å². The Kier molecular flexibility index (Phi) is 4.39. The van der Waals surface area contributed by atoms with Gasteiger partial charge in [0, 0.05) is 12.0 Å². The number of aldehydes is 1. The number of carbonyl (C=O) groups is 1. The lowest BCUT2D eigenvalue weighted by Gasteiger charge is -2.42. The van der Waals surface area contributed by atoms with Gasteiger partial charge in [-0.25, -0.2) is 0 Å². The van der Waals surface area contributed by atoms with E-state index in [1.165, 1.54) is 32.1 Å². The Hall–Kier alpha value is -0.370. The molecule has 1 aliphatic heterocycles. The van der Waals surface area contributed by atoms with E-state index >= 15 is 0 Å². The second-order valence-electron chi connectivity index (χ2n) is 5.53. The highest BCUT2D eigenvalue weighted by Gasteiger charge is 2.31. The maximum atomic E-state index is 10.7. The Labute approximate surface area is 99.4 Å². The summed E-state index contributed by atoms with van der Waals surface area (Å²) in [5.41, 5.74) is 0. The summed E-state index contributed by atoms with van der Waals surface area (Å²) in [5, 5.41) is 0. The van der Waals surface area contributed by atoms with Crippen molar-refractivity contribution >= 4 is 6.29 Å². The highest BCUT2D eigenvalue weighted by atomic mass is 16.1. The molecule has 2 unspecified atom stereocenters. The normalized spacial score (nSPS) is 33.8. The van der Waals surface area contributed by atoms with Crippen LogP contribution < -0.4 is 0 Å². The molecule has 16 heavy (non-hydrogen) atoms. The molecule has 2 heteroatoms. The molecule has 1 saturated heterocycles. The van der Waals surface area contributed by atoms with Crippen LogP contribution in [0, 0.1) is 11.8 Å². The Morgan fingerprint density at radius 3 is 2.44 bits per heavy atom. The van der Waals surface area contributed by atoms with E-state index < -0.39 is 0 Å². The molecule has 0 aromatic rings. The third-order valence-electron chi connectivity index (χ3n) is 4.63. The highest BCUT2D eigenvalue weighted by molar-refractivity contribution is 5.53. The van der Waals surface area contributed by atoms with E-state index in [0.717, 1.165) is 44.2 Å². The summed E-state index contributed by atoms with van der Waals surface area (Å²) in [6.07, 6.45) is 10.3. The van der Waals surface area contributed by atoms with Gasteiger partial charge in [0.15, 0.2) is 0 Å². The van der Waals surface area contributed by atoms with Gasteiger partial charge in [-0.2, -0.15) is 0 Å². The zero-order valence-corrected chi connectivity index (χ0v) is 10.5. The van der Waals surface area contributed by atoms with Gasteiger partial charge in [-0.05, 0) is 44.7 Å². The Bertz CT molecular complexity index is 221. The minimum Gasteiger partial charge on any atom is -0.303 e. The summed E-state index contributed by atoms with van der Waals surface area (Å²) in [4.78, 5) is 13.4. The fraction of sp³-hybridized carbons (Fsp3) is 0.929. The molecule has 1 aliphatic carbocycles. The van der Waals surface area contributed by atoms with Gasteiger partial charge >= 0.3 is 0 Å². The van der Waals surface area contributed by atoms with E-state index in [0.29, 0.717) is 5.92 Å². The topological polar surface area (TPSA) is 20.3 Å². The van der Waals surface area contributed by atoms with Crippen LogP contribution >= 0.6 is 0 Å². The maximum Gasteiger partial charge on any atom is 0.123 e. The first-order valence-electron chi connectivity index (χ1n) is 7.04. The van der Waals surface area contributed by atoms with Gasteiger partial charge in [-0.3, -0.25) is 0 Å². The molecular weight excluding hydrogens is 198 g/mol. The molecule has 92 valence electrons. The van der Waals surface area contributed by atoms with E-state index in [2.05, 4.69) is 11.8 Å². The van der Waals surface area contributed by atoms with Crippen LogP contribution in [-0.4, -0.2) is 30.3 Å². The molecule has 2 rings (SSSR count). The van der Waals surface area contributed by atoms with E-state index in [1.807, 2.05) is 0 Å². The average molecular weight is 223 g/mol. The summed E-state index contributed by atoms with van der Waals surface area (Å²) in [6, 6.07) is 0.825. The van der Waals surface area contributed by atoms with Crippen LogP contribution in [0.3, 0.4) is 0 Å². The van der Waals surface area contributed by atoms with Crippen molar-refractivity contribution in [1.29, 1.82) is 0 Å². The molecule has 0 amide bonds. The number of nitrogens with zero attached hydrogens (tertiary/aromatic N) is 1. The summed E-state index contributed by atoms with van der Waals surface area (Å²) in [6.45, 7) is 4.65. The van der Waals surface area contributed by atoms with Crippen LogP contribution in [0.25, 0.3) is 0 Å². The monoisotopic (exact) mass is 223 g/mol. The van der Waals surface area contributed by atoms with E-state index in [4.69, 9.17) is 0 Å². The van der Waals surface area contributed by atoms with E-state index in [9.17, 15) is 4.79 Å². The molecule has 0 bridgehead atoms. The standard InChI is InChI=1S/C14H25NO/c1-2-13-5-3-4-6-14(13)15-9-7-12(11-16)8-10-15/h11-14H,2-10H2,1H3. The molecule has 2 aliphatic rings. The van der Waals surface area contributed by atoms with Crippen molar-refractivity contribution < 1.29 is 4.79 Å². The van der Waals surface area contributed by atoms with Crippen LogP contribution in [0.5, 0.6) is 0 Å². The number of carbonyl (C=O) groups excluding carboxylic acids is 1. The van der Waals surface area contributed by atoms with Crippen molar-refractivity contribution in [3.8, 4) is 0 Å². The molecule has 0 aromatic carbocycles. The average Bonchev–Trinajstić information content (AvgIpc) is 2.39. The fourth-order valence-electron chi connectivity index (χ4n) is 3.53. The maximum absolute atomic E-state index is 10.7. The molecule has 0 N–H and O–H groups in total. The predicted octanol–water partition coefficient (Wildman–Crippen LogP) is 2.87. The van der Waals surface area contributed by atoms with Crippen molar-refractivity contribution in [2.75, 3.05) is 13.1 Å². The van der Waals surface area contributed by atoms with Gasteiger partial charge in [-0.15, -0.1) is 0 Å². The lowest BCUT2D eigenvalue weighted by Crippen LogP contribution is -2.46. The summed E-state index contributed by atoms with van der Waals surface area (Å²) >= 11 is 0. The van der Waals surface area contributed by atoms with E-state index in [-0.39, 0.29) is 0 Å². The molecule has 0 radical (unpaired) electrons. The van der Waals surface area contributed by atoms with Crippen molar-refractivity contribution in [2.45, 2.75) is 57.9 Å². The Morgan fingerprint density at radius 1 is 1.12 bits per heavy atom. The predicted molar refractivity (Wildman–Crippen MR) is 66.4 cm³/mol. The van der Waals surface area contributed by atoms with Crippen molar-refractivity contribution in [3.05, 3.63) is 0 Å². The number of hydrogen-bond acceptors (Lipinski definition) is 2. The van der Waals surface area contributed by atoms with Crippen LogP contribution in [0.4, 0.5) is 0 Å². The van der Waals surface area contributed by atoms with Crippen LogP contribution in [0.15, 0.2) is 0 Å². The molecule has 1 heterocycles. The molecule has 1 saturated carbocycles. The summed E-state index contributed by atoms with van der Waals surface area (Å²) in [7, 11) is 0. The fourth-order valence-corrected chi connectivity index (χ4v) is 3.53. The highest BCUT2D eigenvalue weighted by Crippen LogP contribution is 2.32. The Morgan fingerprint density at radius 2 is 1.81 bits per heavy atom. The van der Waals surface area contributed by atoms with Crippen LogP contribution in [-0.2, 0) is 4.79 Å². The molecule has 2 fully saturated rings. The van der Waals surface area contributed by atoms with Crippen molar-refractivity contribution in [1.82, 2.24) is 4.90 Å². The molecule has 2 nitrogen and oxygen atoms in total. The van der Waals surface area contributed by atoms with Gasteiger partial charge < -0.3 is 9.69 Å². The zero-order valence-electron chi connectivity index (χ0n) is 10.5. The SMILES string of the molecule is CCC1CCCCC1N1CCC(C=O)CC1. The number of likely N-dealkylation sites (tertiary alicyclic amines) is 1. The van der Waals surface area contributed by atoms with Gasteiger partial charge in [-0.1, -0.05) is 26.2 Å². The largest absolute Gasteiger partial charge is 0.303 e. The van der Waals surface area contributed by atoms with Gasteiger partial charge in [0.1, 0.15) is 6.29 Å².